The monoisotopic (exact) mass is 276 g/mol. The van der Waals surface area contributed by atoms with Crippen LogP contribution in [0.25, 0.3) is 0 Å². The summed E-state index contributed by atoms with van der Waals surface area (Å²) in [7, 11) is 1.84. The standard InChI is InChI=1S/C15H20N2OS/c1-17(11-8-12-6-3-2-4-7-12)14(18)15(13(16)19)9-5-10-15/h2-4,6-7H,5,8-11H2,1H3,(H2,16,19). The number of likely N-dealkylation sites (N-methyl/N-ethyl adjacent to an activating group) is 1. The number of carbonyl (C=O) groups is 1. The van der Waals surface area contributed by atoms with Crippen LogP contribution in [0.2, 0.25) is 0 Å². The molecule has 1 aliphatic rings. The van der Waals surface area contributed by atoms with Crippen LogP contribution < -0.4 is 5.73 Å². The lowest BCUT2D eigenvalue weighted by atomic mass is 9.67. The Balaban J connectivity index is 1.94. The normalized spacial score (nSPS) is 16.5. The first kappa shape index (κ1) is 14.0. The molecule has 1 saturated carbocycles. The number of nitrogens with two attached hydrogens (primary N) is 1. The molecule has 1 fully saturated rings. The number of thiocarbonyl (C=S) groups is 1. The van der Waals surface area contributed by atoms with Crippen LogP contribution in [0, 0.1) is 5.41 Å². The summed E-state index contributed by atoms with van der Waals surface area (Å²) in [4.78, 5) is 14.6. The molecule has 102 valence electrons. The first-order valence-corrected chi connectivity index (χ1v) is 7.06. The maximum absolute atomic E-state index is 12.5. The van der Waals surface area contributed by atoms with E-state index in [9.17, 15) is 4.79 Å². The van der Waals surface area contributed by atoms with Gasteiger partial charge in [-0.15, -0.1) is 0 Å². The minimum absolute atomic E-state index is 0.0854. The average Bonchev–Trinajstić information content (AvgIpc) is 2.35. The van der Waals surface area contributed by atoms with Crippen molar-refractivity contribution in [2.75, 3.05) is 13.6 Å². The maximum atomic E-state index is 12.5. The molecule has 0 aliphatic heterocycles. The lowest BCUT2D eigenvalue weighted by molar-refractivity contribution is -0.140. The van der Waals surface area contributed by atoms with Crippen LogP contribution in [0.4, 0.5) is 0 Å². The van der Waals surface area contributed by atoms with Gasteiger partial charge in [0.25, 0.3) is 0 Å². The number of carbonyl (C=O) groups excluding carboxylic acids is 1. The number of hydrogen-bond donors (Lipinski definition) is 1. The lowest BCUT2D eigenvalue weighted by Crippen LogP contribution is -2.53. The van der Waals surface area contributed by atoms with Crippen LogP contribution in [0.15, 0.2) is 30.3 Å². The highest BCUT2D eigenvalue weighted by Gasteiger charge is 2.48. The Morgan fingerprint density at radius 2 is 2.00 bits per heavy atom. The third-order valence-corrected chi connectivity index (χ3v) is 4.40. The first-order valence-electron chi connectivity index (χ1n) is 6.66. The molecule has 0 unspecified atom stereocenters. The van der Waals surface area contributed by atoms with Gasteiger partial charge < -0.3 is 10.6 Å². The highest BCUT2D eigenvalue weighted by atomic mass is 32.1. The van der Waals surface area contributed by atoms with E-state index in [1.54, 1.807) is 4.90 Å². The molecule has 1 aliphatic carbocycles. The zero-order chi connectivity index (χ0) is 13.9. The summed E-state index contributed by atoms with van der Waals surface area (Å²) in [5, 5.41) is 0. The number of benzene rings is 1. The van der Waals surface area contributed by atoms with E-state index in [1.165, 1.54) is 5.56 Å². The van der Waals surface area contributed by atoms with Gasteiger partial charge in [0.2, 0.25) is 5.91 Å². The highest BCUT2D eigenvalue weighted by molar-refractivity contribution is 7.80. The molecule has 0 aromatic heterocycles. The Morgan fingerprint density at radius 1 is 1.37 bits per heavy atom. The van der Waals surface area contributed by atoms with Gasteiger partial charge in [-0.2, -0.15) is 0 Å². The van der Waals surface area contributed by atoms with Crippen LogP contribution in [0.1, 0.15) is 24.8 Å². The van der Waals surface area contributed by atoms with Gasteiger partial charge in [0, 0.05) is 13.6 Å². The van der Waals surface area contributed by atoms with Crippen molar-refractivity contribution in [2.45, 2.75) is 25.7 Å². The molecule has 4 heteroatoms. The van der Waals surface area contributed by atoms with Crippen molar-refractivity contribution >= 4 is 23.1 Å². The van der Waals surface area contributed by atoms with Crippen molar-refractivity contribution in [3.63, 3.8) is 0 Å². The fraction of sp³-hybridized carbons (Fsp3) is 0.467. The van der Waals surface area contributed by atoms with Gasteiger partial charge >= 0.3 is 0 Å². The van der Waals surface area contributed by atoms with Gasteiger partial charge in [0.15, 0.2) is 0 Å². The molecule has 0 atom stereocenters. The van der Waals surface area contributed by atoms with Crippen molar-refractivity contribution in [2.24, 2.45) is 11.1 Å². The van der Waals surface area contributed by atoms with Crippen LogP contribution in [0.3, 0.4) is 0 Å². The van der Waals surface area contributed by atoms with Crippen molar-refractivity contribution in [1.82, 2.24) is 4.90 Å². The van der Waals surface area contributed by atoms with Crippen molar-refractivity contribution in [3.05, 3.63) is 35.9 Å². The van der Waals surface area contributed by atoms with Gasteiger partial charge in [-0.25, -0.2) is 0 Å². The third kappa shape index (κ3) is 2.78. The molecule has 19 heavy (non-hydrogen) atoms. The summed E-state index contributed by atoms with van der Waals surface area (Å²) >= 11 is 5.08. The highest BCUT2D eigenvalue weighted by Crippen LogP contribution is 2.42. The fourth-order valence-electron chi connectivity index (χ4n) is 2.50. The van der Waals surface area contributed by atoms with E-state index >= 15 is 0 Å². The summed E-state index contributed by atoms with van der Waals surface area (Å²) in [5.41, 5.74) is 6.44. The number of hydrogen-bond acceptors (Lipinski definition) is 2. The van der Waals surface area contributed by atoms with E-state index in [1.807, 2.05) is 25.2 Å². The van der Waals surface area contributed by atoms with Crippen LogP contribution in [0.5, 0.6) is 0 Å². The Hall–Kier alpha value is -1.42. The van der Waals surface area contributed by atoms with Crippen molar-refractivity contribution < 1.29 is 4.79 Å². The van der Waals surface area contributed by atoms with Crippen LogP contribution in [-0.2, 0) is 11.2 Å². The second-order valence-electron chi connectivity index (χ2n) is 5.26. The summed E-state index contributed by atoms with van der Waals surface area (Å²) in [6, 6.07) is 10.2. The molecule has 1 amide bonds. The molecule has 2 N–H and O–H groups in total. The quantitative estimate of drug-likeness (QED) is 0.838. The zero-order valence-corrected chi connectivity index (χ0v) is 12.1. The summed E-state index contributed by atoms with van der Waals surface area (Å²) in [5.74, 6) is 0.0854. The molecule has 0 heterocycles. The number of nitrogens with zero attached hydrogens (tertiary/aromatic N) is 1. The SMILES string of the molecule is CN(CCc1ccccc1)C(=O)C1(C(N)=S)CCC1. The molecular formula is C15H20N2OS. The Morgan fingerprint density at radius 3 is 2.47 bits per heavy atom. The minimum atomic E-state index is -0.555. The maximum Gasteiger partial charge on any atom is 0.235 e. The van der Waals surface area contributed by atoms with Crippen LogP contribution >= 0.6 is 12.2 Å². The van der Waals surface area contributed by atoms with Crippen molar-refractivity contribution in [3.8, 4) is 0 Å². The molecular weight excluding hydrogens is 256 g/mol. The molecule has 0 spiro atoms. The summed E-state index contributed by atoms with van der Waals surface area (Å²) in [6.45, 7) is 0.702. The fourth-order valence-corrected chi connectivity index (χ4v) is 2.80. The van der Waals surface area contributed by atoms with E-state index in [4.69, 9.17) is 18.0 Å². The largest absolute Gasteiger partial charge is 0.392 e. The van der Waals surface area contributed by atoms with Gasteiger partial charge in [-0.05, 0) is 24.8 Å². The van der Waals surface area contributed by atoms with Crippen LogP contribution in [-0.4, -0.2) is 29.4 Å². The first-order chi connectivity index (χ1) is 9.06. The van der Waals surface area contributed by atoms with Gasteiger partial charge in [0.05, 0.1) is 10.4 Å². The van der Waals surface area contributed by atoms with Gasteiger partial charge in [0.1, 0.15) is 0 Å². The summed E-state index contributed by atoms with van der Waals surface area (Å²) < 4.78 is 0. The Bertz CT molecular complexity index is 468. The second kappa shape index (κ2) is 5.70. The number of amides is 1. The van der Waals surface area contributed by atoms with E-state index in [0.717, 1.165) is 25.7 Å². The second-order valence-corrected chi connectivity index (χ2v) is 5.70. The zero-order valence-electron chi connectivity index (χ0n) is 11.3. The molecule has 0 saturated heterocycles. The number of rotatable bonds is 5. The molecule has 0 bridgehead atoms. The van der Waals surface area contributed by atoms with E-state index < -0.39 is 5.41 Å². The van der Waals surface area contributed by atoms with Gasteiger partial charge in [-0.3, -0.25) is 4.79 Å². The predicted octanol–water partition coefficient (Wildman–Crippen LogP) is 2.14. The average molecular weight is 276 g/mol. The minimum Gasteiger partial charge on any atom is -0.392 e. The third-order valence-electron chi connectivity index (χ3n) is 4.01. The summed E-state index contributed by atoms with van der Waals surface area (Å²) in [6.07, 6.45) is 3.50. The predicted molar refractivity (Wildman–Crippen MR) is 80.9 cm³/mol. The topological polar surface area (TPSA) is 46.3 Å². The molecule has 2 rings (SSSR count). The van der Waals surface area contributed by atoms with Crippen molar-refractivity contribution in [1.29, 1.82) is 0 Å². The van der Waals surface area contributed by atoms with E-state index in [-0.39, 0.29) is 5.91 Å². The molecule has 1 aromatic carbocycles. The molecule has 3 nitrogen and oxygen atoms in total. The smallest absolute Gasteiger partial charge is 0.235 e. The van der Waals surface area contributed by atoms with Gasteiger partial charge in [-0.1, -0.05) is 49.0 Å². The molecule has 0 radical (unpaired) electrons. The Kier molecular flexibility index (Phi) is 4.20. The Labute approximate surface area is 119 Å². The van der Waals surface area contributed by atoms with E-state index in [2.05, 4.69) is 12.1 Å². The molecule has 1 aromatic rings. The van der Waals surface area contributed by atoms with E-state index in [0.29, 0.717) is 11.5 Å². The lowest BCUT2D eigenvalue weighted by Gasteiger charge is -2.41.